The summed E-state index contributed by atoms with van der Waals surface area (Å²) in [6.07, 6.45) is -4.53. The topological polar surface area (TPSA) is 75.3 Å². The van der Waals surface area contributed by atoms with Crippen molar-refractivity contribution in [1.82, 2.24) is 0 Å². The fraction of sp³-hybridized carbons (Fsp3) is 0.385. The summed E-state index contributed by atoms with van der Waals surface area (Å²) in [5.41, 5.74) is 1.63. The Balaban J connectivity index is 1.56. The van der Waals surface area contributed by atoms with Gasteiger partial charge < -0.3 is 15.2 Å². The van der Waals surface area contributed by atoms with Gasteiger partial charge in [-0.2, -0.15) is 13.2 Å². The molecule has 2 N–H and O–H groups in total. The van der Waals surface area contributed by atoms with E-state index in [0.29, 0.717) is 33.5 Å². The van der Waals surface area contributed by atoms with Crippen molar-refractivity contribution < 1.29 is 26.2 Å². The lowest BCUT2D eigenvalue weighted by atomic mass is 10.1. The van der Waals surface area contributed by atoms with Crippen LogP contribution in [-0.2, 0) is 20.8 Å². The zero-order chi connectivity index (χ0) is 26.8. The molecule has 0 unspecified atom stereocenters. The molecule has 1 fully saturated rings. The first-order chi connectivity index (χ1) is 17.3. The maximum atomic E-state index is 13.5. The van der Waals surface area contributed by atoms with E-state index in [1.165, 1.54) is 11.3 Å². The molecule has 0 saturated carbocycles. The molecule has 1 aliphatic rings. The number of hydrogen-bond acceptors (Lipinski definition) is 6. The zero-order valence-electron chi connectivity index (χ0n) is 20.5. The van der Waals surface area contributed by atoms with E-state index in [-0.39, 0.29) is 29.7 Å². The fourth-order valence-corrected chi connectivity index (χ4v) is 7.75. The molecule has 0 bridgehead atoms. The number of hydrogen-bond donors (Lipinski definition) is 2. The van der Waals surface area contributed by atoms with Gasteiger partial charge in [-0.3, -0.25) is 0 Å². The molecular formula is C26H28F3N2O3PS2. The third-order valence-electron chi connectivity index (χ3n) is 6.18. The van der Waals surface area contributed by atoms with Gasteiger partial charge in [-0.25, -0.2) is 8.42 Å². The van der Waals surface area contributed by atoms with Gasteiger partial charge in [0.05, 0.1) is 39.7 Å². The van der Waals surface area contributed by atoms with Gasteiger partial charge in [0.2, 0.25) is 0 Å². The Labute approximate surface area is 219 Å². The van der Waals surface area contributed by atoms with E-state index in [0.717, 1.165) is 11.0 Å². The van der Waals surface area contributed by atoms with Gasteiger partial charge in [0.1, 0.15) is 17.0 Å². The van der Waals surface area contributed by atoms with Crippen molar-refractivity contribution in [1.29, 1.82) is 0 Å². The Morgan fingerprint density at radius 3 is 2.38 bits per heavy atom. The number of sulfone groups is 1. The van der Waals surface area contributed by atoms with Gasteiger partial charge in [-0.05, 0) is 67.5 Å². The first-order valence-electron chi connectivity index (χ1n) is 11.8. The second-order valence-corrected chi connectivity index (χ2v) is 16.0. The van der Waals surface area contributed by atoms with Crippen LogP contribution in [-0.4, -0.2) is 52.0 Å². The molecule has 3 aromatic rings. The van der Waals surface area contributed by atoms with Gasteiger partial charge in [0, 0.05) is 17.0 Å². The average molecular weight is 569 g/mol. The van der Waals surface area contributed by atoms with Crippen LogP contribution in [0.3, 0.4) is 0 Å². The summed E-state index contributed by atoms with van der Waals surface area (Å²) in [6, 6.07) is 12.3. The average Bonchev–Trinajstić information content (AvgIpc) is 3.14. The van der Waals surface area contributed by atoms with E-state index < -0.39 is 29.6 Å². The predicted octanol–water partition coefficient (Wildman–Crippen LogP) is 5.71. The normalized spacial score (nSPS) is 16.2. The highest BCUT2D eigenvalue weighted by Crippen LogP contribution is 2.39. The molecule has 198 valence electrons. The van der Waals surface area contributed by atoms with Crippen molar-refractivity contribution in [3.8, 4) is 11.8 Å². The predicted molar refractivity (Wildman–Crippen MR) is 148 cm³/mol. The fourth-order valence-electron chi connectivity index (χ4n) is 4.22. The molecule has 0 radical (unpaired) electrons. The molecule has 2 heterocycles. The maximum absolute atomic E-state index is 13.5. The van der Waals surface area contributed by atoms with Gasteiger partial charge >= 0.3 is 6.18 Å². The summed E-state index contributed by atoms with van der Waals surface area (Å²) in [7, 11) is -5.36. The first kappa shape index (κ1) is 27.6. The summed E-state index contributed by atoms with van der Waals surface area (Å²) >= 11 is 1.22. The molecule has 11 heteroatoms. The molecule has 5 nitrogen and oxygen atoms in total. The van der Waals surface area contributed by atoms with Gasteiger partial charge in [-0.15, -0.1) is 11.3 Å². The third-order valence-corrected chi connectivity index (χ3v) is 10.6. The number of thiophene rings is 1. The Bertz CT molecular complexity index is 1480. The lowest BCUT2D eigenvalue weighted by Gasteiger charge is -2.24. The second-order valence-electron chi connectivity index (χ2n) is 9.51. The SMILES string of the molecule is CP(C)(=O)c1ccc(NCC#Cc2sc3c(NC4CCS(=O)(=O)CC4)cccc3c2CC(F)(F)F)cc1. The Morgan fingerprint density at radius 1 is 1.08 bits per heavy atom. The number of anilines is 2. The van der Waals surface area contributed by atoms with Crippen LogP contribution in [0.25, 0.3) is 10.1 Å². The van der Waals surface area contributed by atoms with Crippen molar-refractivity contribution in [2.24, 2.45) is 0 Å². The van der Waals surface area contributed by atoms with Crippen molar-refractivity contribution in [3.63, 3.8) is 0 Å². The molecule has 1 aliphatic heterocycles. The number of alkyl halides is 3. The van der Waals surface area contributed by atoms with E-state index in [1.54, 1.807) is 49.7 Å². The second kappa shape index (κ2) is 10.7. The molecule has 37 heavy (non-hydrogen) atoms. The van der Waals surface area contributed by atoms with Gasteiger partial charge in [0.15, 0.2) is 0 Å². The summed E-state index contributed by atoms with van der Waals surface area (Å²) < 4.78 is 76.7. The van der Waals surface area contributed by atoms with Crippen molar-refractivity contribution in [3.05, 3.63) is 52.9 Å². The van der Waals surface area contributed by atoms with Crippen LogP contribution in [0.4, 0.5) is 24.5 Å². The highest BCUT2D eigenvalue weighted by Gasteiger charge is 2.31. The molecule has 4 rings (SSSR count). The quantitative estimate of drug-likeness (QED) is 0.295. The number of nitrogens with one attached hydrogen (secondary N) is 2. The molecule has 1 saturated heterocycles. The van der Waals surface area contributed by atoms with E-state index in [4.69, 9.17) is 0 Å². The van der Waals surface area contributed by atoms with Crippen LogP contribution in [0.15, 0.2) is 42.5 Å². The zero-order valence-corrected chi connectivity index (χ0v) is 23.0. The molecule has 0 aliphatic carbocycles. The van der Waals surface area contributed by atoms with E-state index >= 15 is 0 Å². The first-order valence-corrected chi connectivity index (χ1v) is 17.0. The Hall–Kier alpha value is -2.47. The molecule has 1 aromatic heterocycles. The third kappa shape index (κ3) is 7.31. The summed E-state index contributed by atoms with van der Waals surface area (Å²) in [5.74, 6) is 6.07. The number of halogens is 3. The summed E-state index contributed by atoms with van der Waals surface area (Å²) in [4.78, 5) is 0.364. The number of fused-ring (bicyclic) bond motifs is 1. The van der Waals surface area contributed by atoms with Crippen LogP contribution in [0, 0.1) is 11.8 Å². The van der Waals surface area contributed by atoms with Crippen LogP contribution < -0.4 is 15.9 Å². The minimum Gasteiger partial charge on any atom is -0.381 e. The lowest BCUT2D eigenvalue weighted by molar-refractivity contribution is -0.126. The molecule has 2 aromatic carbocycles. The highest BCUT2D eigenvalue weighted by atomic mass is 32.2. The van der Waals surface area contributed by atoms with Crippen LogP contribution >= 0.6 is 18.5 Å². The van der Waals surface area contributed by atoms with Gasteiger partial charge in [0.25, 0.3) is 0 Å². The maximum Gasteiger partial charge on any atom is 0.393 e. The molecule has 0 atom stereocenters. The van der Waals surface area contributed by atoms with Crippen molar-refractivity contribution in [2.45, 2.75) is 31.5 Å². The van der Waals surface area contributed by atoms with Crippen LogP contribution in [0.5, 0.6) is 0 Å². The van der Waals surface area contributed by atoms with E-state index in [1.807, 2.05) is 6.07 Å². The van der Waals surface area contributed by atoms with Crippen LogP contribution in [0.2, 0.25) is 0 Å². The minimum absolute atomic E-state index is 0.0539. The molecule has 0 amide bonds. The van der Waals surface area contributed by atoms with Crippen molar-refractivity contribution in [2.75, 3.05) is 42.0 Å². The standard InChI is InChI=1S/C26H28F3N2O3PS2/c1-35(2,32)20-10-8-18(9-11-20)30-14-4-7-24-22(17-26(27,28)29)21-5-3-6-23(25(21)36-24)31-19-12-15-37(33,34)16-13-19/h3,5-6,8-11,19,30-31H,12-17H2,1-2H3. The Morgan fingerprint density at radius 2 is 1.76 bits per heavy atom. The highest BCUT2D eigenvalue weighted by molar-refractivity contribution is 7.91. The molecule has 0 spiro atoms. The van der Waals surface area contributed by atoms with Crippen molar-refractivity contribution >= 4 is 55.1 Å². The van der Waals surface area contributed by atoms with Crippen LogP contribution in [0.1, 0.15) is 23.3 Å². The summed E-state index contributed by atoms with van der Waals surface area (Å²) in [5, 5.41) is 7.75. The Kier molecular flexibility index (Phi) is 7.99. The van der Waals surface area contributed by atoms with Gasteiger partial charge in [-0.1, -0.05) is 24.0 Å². The smallest absolute Gasteiger partial charge is 0.381 e. The minimum atomic E-state index is -4.39. The summed E-state index contributed by atoms with van der Waals surface area (Å²) in [6.45, 7) is 3.63. The van der Waals surface area contributed by atoms with E-state index in [9.17, 15) is 26.2 Å². The monoisotopic (exact) mass is 568 g/mol. The lowest BCUT2D eigenvalue weighted by Crippen LogP contribution is -2.32. The molecular weight excluding hydrogens is 540 g/mol. The van der Waals surface area contributed by atoms with E-state index in [2.05, 4.69) is 22.5 Å². The number of rotatable bonds is 6. The largest absolute Gasteiger partial charge is 0.393 e. The number of benzene rings is 2.